The molecule has 31 heavy (non-hydrogen) atoms. The van der Waals surface area contributed by atoms with Crippen molar-refractivity contribution in [1.29, 1.82) is 0 Å². The van der Waals surface area contributed by atoms with Crippen LogP contribution in [0.15, 0.2) is 46.9 Å². The highest BCUT2D eigenvalue weighted by Crippen LogP contribution is 2.32. The van der Waals surface area contributed by atoms with Crippen molar-refractivity contribution in [2.45, 2.75) is 58.6 Å². The standard InChI is InChI=1S/C24H29NO6/c1-4-5-11-20-12-13-21(31-20)22(30-17(3)26)16(2)23(27)25-19(15-29-24(25)28)14-18-9-7-6-8-10-18/h6-10,12-13,16,19,22H,4-5,11,14-15H2,1-3H3/t16-,19-,22-/m0/s1. The highest BCUT2D eigenvalue weighted by Gasteiger charge is 2.43. The lowest BCUT2D eigenvalue weighted by Gasteiger charge is -2.27. The molecule has 2 aromatic rings. The van der Waals surface area contributed by atoms with E-state index in [0.29, 0.717) is 12.2 Å². The van der Waals surface area contributed by atoms with Crippen molar-refractivity contribution in [3.8, 4) is 0 Å². The number of nitrogens with zero attached hydrogens (tertiary/aromatic N) is 1. The van der Waals surface area contributed by atoms with E-state index in [0.717, 1.165) is 35.5 Å². The normalized spacial score (nSPS) is 17.8. The van der Waals surface area contributed by atoms with E-state index in [9.17, 15) is 14.4 Å². The molecule has 0 aliphatic carbocycles. The third kappa shape index (κ3) is 5.54. The van der Waals surface area contributed by atoms with Gasteiger partial charge in [0, 0.05) is 13.3 Å². The Bertz CT molecular complexity index is 906. The second-order valence-corrected chi connectivity index (χ2v) is 7.86. The van der Waals surface area contributed by atoms with E-state index in [1.807, 2.05) is 36.4 Å². The van der Waals surface area contributed by atoms with Gasteiger partial charge in [0.05, 0.1) is 12.0 Å². The Labute approximate surface area is 182 Å². The third-order valence-corrected chi connectivity index (χ3v) is 5.39. The highest BCUT2D eigenvalue weighted by atomic mass is 16.6. The fraction of sp³-hybridized carbons (Fsp3) is 0.458. The fourth-order valence-electron chi connectivity index (χ4n) is 3.73. The van der Waals surface area contributed by atoms with Crippen LogP contribution < -0.4 is 0 Å². The average molecular weight is 427 g/mol. The van der Waals surface area contributed by atoms with Crippen LogP contribution in [0.4, 0.5) is 4.79 Å². The first kappa shape index (κ1) is 22.6. The summed E-state index contributed by atoms with van der Waals surface area (Å²) in [6.07, 6.45) is 1.65. The lowest BCUT2D eigenvalue weighted by molar-refractivity contribution is -0.154. The van der Waals surface area contributed by atoms with Gasteiger partial charge in [-0.05, 0) is 37.5 Å². The van der Waals surface area contributed by atoms with Crippen molar-refractivity contribution in [1.82, 2.24) is 4.90 Å². The molecule has 0 saturated carbocycles. The summed E-state index contributed by atoms with van der Waals surface area (Å²) in [4.78, 5) is 38.6. The van der Waals surface area contributed by atoms with Crippen LogP contribution in [0.3, 0.4) is 0 Å². The monoisotopic (exact) mass is 427 g/mol. The summed E-state index contributed by atoms with van der Waals surface area (Å²) in [5, 5.41) is 0. The summed E-state index contributed by atoms with van der Waals surface area (Å²) in [6.45, 7) is 5.14. The molecule has 2 heterocycles. The van der Waals surface area contributed by atoms with Gasteiger partial charge in [-0.3, -0.25) is 9.59 Å². The zero-order valence-electron chi connectivity index (χ0n) is 18.2. The summed E-state index contributed by atoms with van der Waals surface area (Å²) in [5.41, 5.74) is 0.999. The number of carbonyl (C=O) groups is 3. The van der Waals surface area contributed by atoms with Crippen LogP contribution in [-0.4, -0.2) is 35.5 Å². The number of furan rings is 1. The zero-order chi connectivity index (χ0) is 22.4. The van der Waals surface area contributed by atoms with E-state index in [1.165, 1.54) is 6.92 Å². The number of esters is 1. The van der Waals surface area contributed by atoms with E-state index in [2.05, 4.69) is 6.92 Å². The van der Waals surface area contributed by atoms with Gasteiger partial charge in [0.15, 0.2) is 6.10 Å². The van der Waals surface area contributed by atoms with Crippen LogP contribution in [0.2, 0.25) is 0 Å². The van der Waals surface area contributed by atoms with E-state index in [4.69, 9.17) is 13.9 Å². The van der Waals surface area contributed by atoms with Gasteiger partial charge in [0.2, 0.25) is 5.91 Å². The van der Waals surface area contributed by atoms with Crippen molar-refractivity contribution < 1.29 is 28.3 Å². The molecule has 2 amide bonds. The molecule has 7 nitrogen and oxygen atoms in total. The van der Waals surface area contributed by atoms with Gasteiger partial charge >= 0.3 is 12.1 Å². The number of imide groups is 1. The average Bonchev–Trinajstić information content (AvgIpc) is 3.37. The molecular formula is C24H29NO6. The smallest absolute Gasteiger partial charge is 0.416 e. The van der Waals surface area contributed by atoms with Crippen LogP contribution in [0.1, 0.15) is 56.8 Å². The van der Waals surface area contributed by atoms with Crippen LogP contribution in [0.5, 0.6) is 0 Å². The topological polar surface area (TPSA) is 86.1 Å². The maximum absolute atomic E-state index is 13.3. The van der Waals surface area contributed by atoms with E-state index in [-0.39, 0.29) is 6.61 Å². The van der Waals surface area contributed by atoms with Crippen molar-refractivity contribution in [3.05, 3.63) is 59.5 Å². The summed E-state index contributed by atoms with van der Waals surface area (Å²) in [6, 6.07) is 12.8. The molecule has 3 rings (SSSR count). The molecule has 1 aromatic carbocycles. The Morgan fingerprint density at radius 1 is 1.19 bits per heavy atom. The lowest BCUT2D eigenvalue weighted by Crippen LogP contribution is -2.44. The molecule has 1 aliphatic heterocycles. The summed E-state index contributed by atoms with van der Waals surface area (Å²) in [7, 11) is 0. The number of aryl methyl sites for hydroxylation is 1. The maximum atomic E-state index is 13.3. The van der Waals surface area contributed by atoms with Gasteiger partial charge in [-0.15, -0.1) is 0 Å². The molecule has 1 fully saturated rings. The SMILES string of the molecule is CCCCc1ccc([C@@H](OC(C)=O)[C@H](C)C(=O)N2C(=O)OC[C@@H]2Cc2ccccc2)o1. The number of ether oxygens (including phenoxy) is 2. The molecule has 0 N–H and O–H groups in total. The number of unbranched alkanes of at least 4 members (excludes halogenated alkanes) is 1. The molecule has 0 spiro atoms. The van der Waals surface area contributed by atoms with E-state index < -0.39 is 36.0 Å². The molecule has 0 radical (unpaired) electrons. The Hall–Kier alpha value is -3.09. The van der Waals surface area contributed by atoms with Gasteiger partial charge in [-0.1, -0.05) is 43.7 Å². The number of hydrogen-bond acceptors (Lipinski definition) is 6. The third-order valence-electron chi connectivity index (χ3n) is 5.39. The maximum Gasteiger partial charge on any atom is 0.416 e. The summed E-state index contributed by atoms with van der Waals surface area (Å²) >= 11 is 0. The van der Waals surface area contributed by atoms with Gasteiger partial charge < -0.3 is 13.9 Å². The van der Waals surface area contributed by atoms with Crippen LogP contribution in [0, 0.1) is 5.92 Å². The molecule has 1 aromatic heterocycles. The molecule has 1 saturated heterocycles. The first-order chi connectivity index (χ1) is 14.9. The second-order valence-electron chi connectivity index (χ2n) is 7.86. The molecule has 166 valence electrons. The first-order valence-electron chi connectivity index (χ1n) is 10.7. The molecule has 3 atom stereocenters. The van der Waals surface area contributed by atoms with Crippen LogP contribution in [0.25, 0.3) is 0 Å². The minimum Gasteiger partial charge on any atom is -0.462 e. The first-order valence-corrected chi connectivity index (χ1v) is 10.7. The molecule has 1 aliphatic rings. The van der Waals surface area contributed by atoms with Crippen molar-refractivity contribution in [2.75, 3.05) is 6.61 Å². The van der Waals surface area contributed by atoms with Crippen molar-refractivity contribution >= 4 is 18.0 Å². The highest BCUT2D eigenvalue weighted by molar-refractivity contribution is 5.95. The number of carbonyl (C=O) groups excluding carboxylic acids is 3. The van der Waals surface area contributed by atoms with Gasteiger partial charge in [-0.2, -0.15) is 0 Å². The molecule has 0 bridgehead atoms. The predicted octanol–water partition coefficient (Wildman–Crippen LogP) is 4.45. The second kappa shape index (κ2) is 10.3. The van der Waals surface area contributed by atoms with Gasteiger partial charge in [-0.25, -0.2) is 9.69 Å². The quantitative estimate of drug-likeness (QED) is 0.550. The molecule has 0 unspecified atom stereocenters. The van der Waals surface area contributed by atoms with Crippen LogP contribution in [-0.2, 0) is 31.9 Å². The Morgan fingerprint density at radius 2 is 1.94 bits per heavy atom. The van der Waals surface area contributed by atoms with Gasteiger partial charge in [0.25, 0.3) is 0 Å². The predicted molar refractivity (Wildman–Crippen MR) is 113 cm³/mol. The summed E-state index contributed by atoms with van der Waals surface area (Å²) in [5.74, 6) is -0.634. The number of cyclic esters (lactones) is 1. The fourth-order valence-corrected chi connectivity index (χ4v) is 3.73. The Kier molecular flexibility index (Phi) is 7.50. The lowest BCUT2D eigenvalue weighted by atomic mass is 9.98. The van der Waals surface area contributed by atoms with Crippen LogP contribution >= 0.6 is 0 Å². The number of benzene rings is 1. The van der Waals surface area contributed by atoms with Gasteiger partial charge in [0.1, 0.15) is 18.1 Å². The summed E-state index contributed by atoms with van der Waals surface area (Å²) < 4.78 is 16.5. The van der Waals surface area contributed by atoms with E-state index >= 15 is 0 Å². The number of amides is 2. The Morgan fingerprint density at radius 3 is 2.61 bits per heavy atom. The Balaban J connectivity index is 1.79. The van der Waals surface area contributed by atoms with Crippen molar-refractivity contribution in [3.63, 3.8) is 0 Å². The number of rotatable bonds is 9. The minimum absolute atomic E-state index is 0.131. The largest absolute Gasteiger partial charge is 0.462 e. The molecular weight excluding hydrogens is 398 g/mol. The van der Waals surface area contributed by atoms with Crippen molar-refractivity contribution in [2.24, 2.45) is 5.92 Å². The van der Waals surface area contributed by atoms with E-state index in [1.54, 1.807) is 13.0 Å². The zero-order valence-corrected chi connectivity index (χ0v) is 18.2. The molecule has 7 heteroatoms. The number of hydrogen-bond donors (Lipinski definition) is 0. The minimum atomic E-state index is -0.925.